The van der Waals surface area contributed by atoms with Crippen molar-refractivity contribution in [1.29, 1.82) is 0 Å². The van der Waals surface area contributed by atoms with Crippen molar-refractivity contribution in [2.24, 2.45) is 5.92 Å². The fourth-order valence-electron chi connectivity index (χ4n) is 1.89. The van der Waals surface area contributed by atoms with Gasteiger partial charge in [-0.1, -0.05) is 43.2 Å². The molecule has 20 heavy (non-hydrogen) atoms. The molecule has 0 spiro atoms. The van der Waals surface area contributed by atoms with Gasteiger partial charge in [-0.05, 0) is 25.3 Å². The number of ether oxygens (including phenoxy) is 1. The number of hydrogen-bond acceptors (Lipinski definition) is 3. The molecule has 4 nitrogen and oxygen atoms in total. The minimum Gasteiger partial charge on any atom is -0.381 e. The molecule has 0 saturated heterocycles. The van der Waals surface area contributed by atoms with E-state index in [4.69, 9.17) is 9.57 Å². The van der Waals surface area contributed by atoms with E-state index in [1.54, 1.807) is 0 Å². The fraction of sp³-hybridized carbons (Fsp3) is 0.562. The lowest BCUT2D eigenvalue weighted by molar-refractivity contribution is -0.137. The molecule has 112 valence electrons. The summed E-state index contributed by atoms with van der Waals surface area (Å²) in [6.07, 6.45) is 2.76. The van der Waals surface area contributed by atoms with E-state index in [1.165, 1.54) is 12.7 Å². The molecule has 0 aliphatic heterocycles. The van der Waals surface area contributed by atoms with Crippen LogP contribution in [0.2, 0.25) is 0 Å². The molecular weight excluding hydrogens is 254 g/mol. The monoisotopic (exact) mass is 279 g/mol. The average molecular weight is 279 g/mol. The van der Waals surface area contributed by atoms with Gasteiger partial charge in [0.15, 0.2) is 0 Å². The highest BCUT2D eigenvalue weighted by atomic mass is 16.6. The molecular formula is C16H25NO3. The number of aryl methyl sites for hydroxylation is 1. The maximum atomic E-state index is 12.0. The number of rotatable bonds is 9. The van der Waals surface area contributed by atoms with Crippen LogP contribution < -0.4 is 5.48 Å². The van der Waals surface area contributed by atoms with Crippen LogP contribution in [0.4, 0.5) is 0 Å². The zero-order valence-electron chi connectivity index (χ0n) is 12.6. The van der Waals surface area contributed by atoms with Gasteiger partial charge < -0.3 is 4.74 Å². The normalized spacial score (nSPS) is 12.2. The van der Waals surface area contributed by atoms with E-state index >= 15 is 0 Å². The number of benzene rings is 1. The quantitative estimate of drug-likeness (QED) is 0.558. The molecule has 1 atom stereocenters. The van der Waals surface area contributed by atoms with Crippen LogP contribution in [-0.4, -0.2) is 26.2 Å². The lowest BCUT2D eigenvalue weighted by atomic mass is 9.99. The first-order valence-electron chi connectivity index (χ1n) is 7.13. The molecule has 1 aromatic rings. The minimum atomic E-state index is -0.227. The summed E-state index contributed by atoms with van der Waals surface area (Å²) >= 11 is 0. The van der Waals surface area contributed by atoms with Gasteiger partial charge in [0.05, 0.1) is 19.6 Å². The summed E-state index contributed by atoms with van der Waals surface area (Å²) in [4.78, 5) is 16.7. The lowest BCUT2D eigenvalue weighted by Crippen LogP contribution is -2.34. The van der Waals surface area contributed by atoms with Crippen molar-refractivity contribution in [3.63, 3.8) is 0 Å². The maximum Gasteiger partial charge on any atom is 0.249 e. The molecule has 0 radical (unpaired) electrons. The second-order valence-corrected chi connectivity index (χ2v) is 4.99. The van der Waals surface area contributed by atoms with Gasteiger partial charge in [0.2, 0.25) is 5.91 Å². The second kappa shape index (κ2) is 9.50. The van der Waals surface area contributed by atoms with E-state index in [-0.39, 0.29) is 11.8 Å². The maximum absolute atomic E-state index is 12.0. The van der Waals surface area contributed by atoms with Crippen molar-refractivity contribution in [2.75, 3.05) is 20.3 Å². The highest BCUT2D eigenvalue weighted by molar-refractivity contribution is 5.78. The van der Waals surface area contributed by atoms with Crippen LogP contribution in [0, 0.1) is 12.8 Å². The zero-order valence-corrected chi connectivity index (χ0v) is 12.6. The molecule has 1 N–H and O–H groups in total. The van der Waals surface area contributed by atoms with Crippen molar-refractivity contribution < 1.29 is 14.4 Å². The van der Waals surface area contributed by atoms with Crippen molar-refractivity contribution >= 4 is 5.91 Å². The first-order chi connectivity index (χ1) is 9.67. The van der Waals surface area contributed by atoms with Crippen molar-refractivity contribution in [3.8, 4) is 0 Å². The molecule has 1 rings (SSSR count). The number of amides is 1. The van der Waals surface area contributed by atoms with Gasteiger partial charge in [-0.15, -0.1) is 0 Å². The Bertz CT molecular complexity index is 389. The number of nitrogens with one attached hydrogen (secondary N) is 1. The van der Waals surface area contributed by atoms with Crippen LogP contribution in [0.25, 0.3) is 0 Å². The van der Waals surface area contributed by atoms with Crippen LogP contribution in [0.5, 0.6) is 0 Å². The number of carbonyl (C=O) groups excluding carboxylic acids is 1. The summed E-state index contributed by atoms with van der Waals surface area (Å²) in [5.74, 6) is -0.362. The molecule has 0 heterocycles. The lowest BCUT2D eigenvalue weighted by Gasteiger charge is -2.16. The van der Waals surface area contributed by atoms with E-state index in [2.05, 4.69) is 36.7 Å². The fourth-order valence-corrected chi connectivity index (χ4v) is 1.89. The minimum absolute atomic E-state index is 0.135. The molecule has 0 aromatic heterocycles. The molecule has 0 saturated carbocycles. The Morgan fingerprint density at radius 3 is 2.60 bits per heavy atom. The van der Waals surface area contributed by atoms with E-state index in [1.807, 2.05) is 6.92 Å². The Balaban J connectivity index is 2.56. The topological polar surface area (TPSA) is 47.6 Å². The van der Waals surface area contributed by atoms with Crippen LogP contribution in [0.15, 0.2) is 24.3 Å². The van der Waals surface area contributed by atoms with Crippen LogP contribution >= 0.6 is 0 Å². The molecule has 0 unspecified atom stereocenters. The second-order valence-electron chi connectivity index (χ2n) is 4.99. The van der Waals surface area contributed by atoms with Crippen molar-refractivity contribution in [1.82, 2.24) is 5.48 Å². The third-order valence-electron chi connectivity index (χ3n) is 3.14. The van der Waals surface area contributed by atoms with Crippen molar-refractivity contribution in [3.05, 3.63) is 35.4 Å². The van der Waals surface area contributed by atoms with Gasteiger partial charge in [-0.2, -0.15) is 0 Å². The van der Waals surface area contributed by atoms with Crippen LogP contribution in [-0.2, 0) is 20.8 Å². The van der Waals surface area contributed by atoms with E-state index in [0.717, 1.165) is 18.4 Å². The SMILES string of the molecule is CCCCOC[C@H](Cc1ccc(C)cc1)C(=O)NOC. The van der Waals surface area contributed by atoms with Crippen LogP contribution in [0.1, 0.15) is 30.9 Å². The van der Waals surface area contributed by atoms with E-state index in [0.29, 0.717) is 19.6 Å². The van der Waals surface area contributed by atoms with Gasteiger partial charge in [-0.3, -0.25) is 9.63 Å². The van der Waals surface area contributed by atoms with E-state index < -0.39 is 0 Å². The molecule has 0 fully saturated rings. The number of carbonyl (C=O) groups is 1. The molecule has 1 amide bonds. The molecule has 0 bridgehead atoms. The zero-order chi connectivity index (χ0) is 14.8. The van der Waals surface area contributed by atoms with Gasteiger partial charge in [0, 0.05) is 6.61 Å². The highest BCUT2D eigenvalue weighted by Crippen LogP contribution is 2.11. The van der Waals surface area contributed by atoms with Crippen molar-refractivity contribution in [2.45, 2.75) is 33.1 Å². The Morgan fingerprint density at radius 1 is 1.30 bits per heavy atom. The smallest absolute Gasteiger partial charge is 0.249 e. The molecule has 0 aliphatic carbocycles. The Hall–Kier alpha value is -1.39. The third kappa shape index (κ3) is 6.17. The molecule has 1 aromatic carbocycles. The Kier molecular flexibility index (Phi) is 7.92. The Morgan fingerprint density at radius 2 is 2.00 bits per heavy atom. The predicted molar refractivity (Wildman–Crippen MR) is 79.3 cm³/mol. The third-order valence-corrected chi connectivity index (χ3v) is 3.14. The van der Waals surface area contributed by atoms with Gasteiger partial charge in [0.1, 0.15) is 0 Å². The number of hydrogen-bond donors (Lipinski definition) is 1. The standard InChI is InChI=1S/C16H25NO3/c1-4-5-10-20-12-15(16(18)17-19-3)11-14-8-6-13(2)7-9-14/h6-9,15H,4-5,10-12H2,1-3H3,(H,17,18)/t15-/m0/s1. The molecule has 0 aliphatic rings. The predicted octanol–water partition coefficient (Wildman–Crippen LogP) is 2.65. The first-order valence-corrected chi connectivity index (χ1v) is 7.13. The summed E-state index contributed by atoms with van der Waals surface area (Å²) in [5, 5.41) is 0. The average Bonchev–Trinajstić information content (AvgIpc) is 2.44. The summed E-state index contributed by atoms with van der Waals surface area (Å²) < 4.78 is 5.58. The largest absolute Gasteiger partial charge is 0.381 e. The Labute approximate surface area is 121 Å². The number of hydroxylamine groups is 1. The first kappa shape index (κ1) is 16.7. The van der Waals surface area contributed by atoms with Gasteiger partial charge >= 0.3 is 0 Å². The summed E-state index contributed by atoms with van der Waals surface area (Å²) in [6.45, 7) is 5.28. The van der Waals surface area contributed by atoms with Gasteiger partial charge in [0.25, 0.3) is 0 Å². The highest BCUT2D eigenvalue weighted by Gasteiger charge is 2.19. The molecule has 4 heteroatoms. The summed E-state index contributed by atoms with van der Waals surface area (Å²) in [5.41, 5.74) is 4.74. The van der Waals surface area contributed by atoms with Gasteiger partial charge in [-0.25, -0.2) is 5.48 Å². The summed E-state index contributed by atoms with van der Waals surface area (Å²) in [6, 6.07) is 8.21. The van der Waals surface area contributed by atoms with Crippen LogP contribution in [0.3, 0.4) is 0 Å². The number of unbranched alkanes of at least 4 members (excludes halogenated alkanes) is 1. The van der Waals surface area contributed by atoms with E-state index in [9.17, 15) is 4.79 Å². The summed E-state index contributed by atoms with van der Waals surface area (Å²) in [7, 11) is 1.44.